The molecule has 0 radical (unpaired) electrons. The van der Waals surface area contributed by atoms with E-state index >= 15 is 0 Å². The lowest BCUT2D eigenvalue weighted by atomic mass is 9.98. The zero-order chi connectivity index (χ0) is 23.7. The van der Waals surface area contributed by atoms with Crippen molar-refractivity contribution >= 4 is 18.0 Å². The summed E-state index contributed by atoms with van der Waals surface area (Å²) < 4.78 is 11.2. The molecular weight excluding hydrogens is 436 g/mol. The van der Waals surface area contributed by atoms with Gasteiger partial charge in [-0.25, -0.2) is 4.79 Å². The summed E-state index contributed by atoms with van der Waals surface area (Å²) in [6, 6.07) is 16.3. The number of rotatable bonds is 8. The number of ether oxygens (including phenoxy) is 2. The molecule has 2 atom stereocenters. The molecule has 2 fully saturated rings. The van der Waals surface area contributed by atoms with E-state index in [1.165, 1.54) is 4.90 Å². The number of aliphatic carboxylic acids is 1. The van der Waals surface area contributed by atoms with Gasteiger partial charge in [-0.1, -0.05) is 48.5 Å². The SMILES string of the molecule is O=C(O)CN(C(=O)[C@@H]1OCC[C@@H]1CNC(=O)OCC1c2ccccc2-c2ccccc21)C1CC1. The van der Waals surface area contributed by atoms with Gasteiger partial charge in [0.1, 0.15) is 19.3 Å². The van der Waals surface area contributed by atoms with Crippen LogP contribution in [-0.2, 0) is 19.1 Å². The number of nitrogens with one attached hydrogen (secondary N) is 1. The van der Waals surface area contributed by atoms with Crippen LogP contribution in [0.15, 0.2) is 48.5 Å². The Morgan fingerprint density at radius 3 is 2.26 bits per heavy atom. The second-order valence-electron chi connectivity index (χ2n) is 9.14. The van der Waals surface area contributed by atoms with Crippen LogP contribution < -0.4 is 5.32 Å². The van der Waals surface area contributed by atoms with Gasteiger partial charge in [-0.15, -0.1) is 0 Å². The van der Waals surface area contributed by atoms with Crippen molar-refractivity contribution in [3.8, 4) is 11.1 Å². The smallest absolute Gasteiger partial charge is 0.407 e. The number of hydrogen-bond acceptors (Lipinski definition) is 5. The van der Waals surface area contributed by atoms with Crippen molar-refractivity contribution in [2.45, 2.75) is 37.3 Å². The Hall–Kier alpha value is -3.39. The monoisotopic (exact) mass is 464 g/mol. The van der Waals surface area contributed by atoms with Gasteiger partial charge in [-0.3, -0.25) is 9.59 Å². The van der Waals surface area contributed by atoms with E-state index in [2.05, 4.69) is 29.6 Å². The molecule has 2 aromatic rings. The van der Waals surface area contributed by atoms with E-state index in [1.807, 2.05) is 24.3 Å². The molecule has 5 rings (SSSR count). The van der Waals surface area contributed by atoms with Crippen LogP contribution in [0.4, 0.5) is 4.79 Å². The van der Waals surface area contributed by atoms with Gasteiger partial charge in [-0.2, -0.15) is 0 Å². The number of carboxylic acids is 1. The first kappa shape index (κ1) is 22.4. The maximum Gasteiger partial charge on any atom is 0.407 e. The molecule has 0 unspecified atom stereocenters. The summed E-state index contributed by atoms with van der Waals surface area (Å²) in [6.45, 7) is 0.533. The molecule has 8 heteroatoms. The molecule has 2 aliphatic carbocycles. The topological polar surface area (TPSA) is 105 Å². The van der Waals surface area contributed by atoms with Gasteiger partial charge in [0.05, 0.1) is 0 Å². The summed E-state index contributed by atoms with van der Waals surface area (Å²) >= 11 is 0. The third-order valence-corrected chi connectivity index (χ3v) is 6.89. The molecule has 8 nitrogen and oxygen atoms in total. The lowest BCUT2D eigenvalue weighted by molar-refractivity contribution is -0.150. The predicted molar refractivity (Wildman–Crippen MR) is 123 cm³/mol. The highest BCUT2D eigenvalue weighted by atomic mass is 16.5. The van der Waals surface area contributed by atoms with Crippen molar-refractivity contribution in [2.24, 2.45) is 5.92 Å². The normalized spacial score (nSPS) is 20.9. The van der Waals surface area contributed by atoms with Crippen molar-refractivity contribution in [3.63, 3.8) is 0 Å². The second kappa shape index (κ2) is 9.46. The first-order chi connectivity index (χ1) is 16.5. The Kier molecular flexibility index (Phi) is 6.24. The number of alkyl carbamates (subject to hydrolysis) is 1. The van der Waals surface area contributed by atoms with Gasteiger partial charge in [0.25, 0.3) is 5.91 Å². The number of nitrogens with zero attached hydrogens (tertiary/aromatic N) is 1. The molecule has 0 spiro atoms. The van der Waals surface area contributed by atoms with Crippen molar-refractivity contribution in [3.05, 3.63) is 59.7 Å². The number of carbonyl (C=O) groups excluding carboxylic acids is 2. The summed E-state index contributed by atoms with van der Waals surface area (Å²) in [7, 11) is 0. The van der Waals surface area contributed by atoms with Gasteiger partial charge < -0.3 is 24.8 Å². The van der Waals surface area contributed by atoms with Crippen LogP contribution in [0, 0.1) is 5.92 Å². The molecule has 1 heterocycles. The summed E-state index contributed by atoms with van der Waals surface area (Å²) in [5.41, 5.74) is 4.62. The zero-order valence-corrected chi connectivity index (χ0v) is 18.8. The second-order valence-corrected chi connectivity index (χ2v) is 9.14. The molecule has 178 valence electrons. The Morgan fingerprint density at radius 2 is 1.65 bits per heavy atom. The summed E-state index contributed by atoms with van der Waals surface area (Å²) in [4.78, 5) is 38.0. The van der Waals surface area contributed by atoms with Crippen LogP contribution in [0.25, 0.3) is 11.1 Å². The minimum absolute atomic E-state index is 0.0228. The van der Waals surface area contributed by atoms with Gasteiger partial charge in [-0.05, 0) is 41.5 Å². The quantitative estimate of drug-likeness (QED) is 0.622. The van der Waals surface area contributed by atoms with Crippen molar-refractivity contribution in [2.75, 3.05) is 26.3 Å². The fourth-order valence-electron chi connectivity index (χ4n) is 5.06. The average molecular weight is 465 g/mol. The molecule has 0 aromatic heterocycles. The largest absolute Gasteiger partial charge is 0.480 e. The zero-order valence-electron chi connectivity index (χ0n) is 18.8. The minimum atomic E-state index is -1.04. The molecule has 2 amide bonds. The van der Waals surface area contributed by atoms with Crippen LogP contribution in [-0.4, -0.2) is 66.4 Å². The van der Waals surface area contributed by atoms with Crippen LogP contribution in [0.5, 0.6) is 0 Å². The fraction of sp³-hybridized carbons (Fsp3) is 0.423. The summed E-state index contributed by atoms with van der Waals surface area (Å²) in [5, 5.41) is 11.9. The van der Waals surface area contributed by atoms with Crippen molar-refractivity contribution in [1.29, 1.82) is 0 Å². The highest BCUT2D eigenvalue weighted by Gasteiger charge is 2.42. The van der Waals surface area contributed by atoms with E-state index in [9.17, 15) is 14.4 Å². The molecule has 0 bridgehead atoms. The average Bonchev–Trinajstić information content (AvgIpc) is 3.49. The van der Waals surface area contributed by atoms with Crippen molar-refractivity contribution in [1.82, 2.24) is 10.2 Å². The number of carboxylic acid groups (broad SMARTS) is 1. The first-order valence-corrected chi connectivity index (χ1v) is 11.8. The van der Waals surface area contributed by atoms with Crippen LogP contribution in [0.3, 0.4) is 0 Å². The molecule has 1 saturated heterocycles. The van der Waals surface area contributed by atoms with Crippen LogP contribution in [0.2, 0.25) is 0 Å². The molecule has 2 N–H and O–H groups in total. The molecule has 3 aliphatic rings. The third kappa shape index (κ3) is 4.50. The minimum Gasteiger partial charge on any atom is -0.480 e. The Balaban J connectivity index is 1.17. The third-order valence-electron chi connectivity index (χ3n) is 6.89. The van der Waals surface area contributed by atoms with E-state index in [0.717, 1.165) is 35.1 Å². The van der Waals surface area contributed by atoms with Crippen LogP contribution in [0.1, 0.15) is 36.3 Å². The number of hydrogen-bond donors (Lipinski definition) is 2. The molecule has 34 heavy (non-hydrogen) atoms. The van der Waals surface area contributed by atoms with Gasteiger partial charge in [0, 0.05) is 31.0 Å². The molecule has 2 aromatic carbocycles. The summed E-state index contributed by atoms with van der Waals surface area (Å²) in [5.74, 6) is -1.58. The number of amides is 2. The van der Waals surface area contributed by atoms with E-state index in [4.69, 9.17) is 14.6 Å². The van der Waals surface area contributed by atoms with Crippen molar-refractivity contribution < 1.29 is 29.0 Å². The Bertz CT molecular complexity index is 1050. The highest BCUT2D eigenvalue weighted by molar-refractivity contribution is 5.86. The van der Waals surface area contributed by atoms with Gasteiger partial charge in [0.2, 0.25) is 0 Å². The van der Waals surface area contributed by atoms with E-state index < -0.39 is 18.2 Å². The number of benzene rings is 2. The van der Waals surface area contributed by atoms with E-state index in [-0.39, 0.29) is 43.5 Å². The first-order valence-electron chi connectivity index (χ1n) is 11.8. The fourth-order valence-corrected chi connectivity index (χ4v) is 5.06. The Labute approximate surface area is 197 Å². The lowest BCUT2D eigenvalue weighted by Crippen LogP contribution is -2.47. The van der Waals surface area contributed by atoms with Gasteiger partial charge >= 0.3 is 12.1 Å². The Morgan fingerprint density at radius 1 is 1.00 bits per heavy atom. The number of carbonyl (C=O) groups is 3. The van der Waals surface area contributed by atoms with E-state index in [0.29, 0.717) is 13.0 Å². The lowest BCUT2D eigenvalue weighted by Gasteiger charge is -2.26. The highest BCUT2D eigenvalue weighted by Crippen LogP contribution is 2.44. The molecule has 1 saturated carbocycles. The maximum atomic E-state index is 12.9. The van der Waals surface area contributed by atoms with E-state index in [1.54, 1.807) is 0 Å². The maximum absolute atomic E-state index is 12.9. The predicted octanol–water partition coefficient (Wildman–Crippen LogP) is 3.01. The van der Waals surface area contributed by atoms with Crippen LogP contribution >= 0.6 is 0 Å². The van der Waals surface area contributed by atoms with Gasteiger partial charge in [0.15, 0.2) is 0 Å². The summed E-state index contributed by atoms with van der Waals surface area (Å²) in [6.07, 6.45) is 0.965. The number of fused-ring (bicyclic) bond motifs is 3. The molecular formula is C26H28N2O6. The standard InChI is InChI=1S/C26H28N2O6/c29-23(30)14-28(17-9-10-17)25(31)24-16(11-12-33-24)13-27-26(32)34-15-22-20-7-3-1-5-18(20)19-6-2-4-8-21(19)22/h1-8,16-17,22,24H,9-15H2,(H,27,32)(H,29,30)/t16-,24-/m1/s1. The molecule has 1 aliphatic heterocycles.